The summed E-state index contributed by atoms with van der Waals surface area (Å²) >= 11 is 0. The quantitative estimate of drug-likeness (QED) is 0.738. The first-order valence-corrected chi connectivity index (χ1v) is 7.45. The van der Waals surface area contributed by atoms with Crippen LogP contribution in [0.1, 0.15) is 12.5 Å². The lowest BCUT2D eigenvalue weighted by Crippen LogP contribution is -2.33. The molecule has 0 saturated heterocycles. The van der Waals surface area contributed by atoms with Gasteiger partial charge < -0.3 is 9.88 Å². The van der Waals surface area contributed by atoms with Crippen LogP contribution in [0, 0.1) is 0 Å². The summed E-state index contributed by atoms with van der Waals surface area (Å²) in [5.74, 6) is 0.852. The number of benzene rings is 1. The van der Waals surface area contributed by atoms with Gasteiger partial charge >= 0.3 is 0 Å². The van der Waals surface area contributed by atoms with Gasteiger partial charge in [0.25, 0.3) is 0 Å². The molecule has 0 aliphatic heterocycles. The van der Waals surface area contributed by atoms with Gasteiger partial charge in [-0.1, -0.05) is 24.3 Å². The molecule has 1 amide bonds. The molecule has 4 nitrogen and oxygen atoms in total. The summed E-state index contributed by atoms with van der Waals surface area (Å²) in [7, 11) is 1.99. The summed E-state index contributed by atoms with van der Waals surface area (Å²) in [5, 5.41) is 4.18. The van der Waals surface area contributed by atoms with E-state index < -0.39 is 0 Å². The molecule has 0 aliphatic rings. The van der Waals surface area contributed by atoms with Gasteiger partial charge in [0.05, 0.1) is 0 Å². The van der Waals surface area contributed by atoms with E-state index in [-0.39, 0.29) is 5.91 Å². The number of aromatic nitrogens is 2. The van der Waals surface area contributed by atoms with Crippen LogP contribution in [0.2, 0.25) is 0 Å². The van der Waals surface area contributed by atoms with Crippen molar-refractivity contribution in [3.05, 3.63) is 60.4 Å². The summed E-state index contributed by atoms with van der Waals surface area (Å²) < 4.78 is 4.21. The number of hydrogen-bond acceptors (Lipinski definition) is 1. The molecule has 112 valence electrons. The Morgan fingerprint density at radius 2 is 1.86 bits per heavy atom. The molecule has 0 fully saturated rings. The third-order valence-corrected chi connectivity index (χ3v) is 3.90. The maximum absolute atomic E-state index is 11.5. The van der Waals surface area contributed by atoms with Crippen LogP contribution in [0.3, 0.4) is 0 Å². The predicted octanol–water partition coefficient (Wildman–Crippen LogP) is 2.67. The monoisotopic (exact) mass is 294 g/mol. The van der Waals surface area contributed by atoms with Crippen LogP contribution < -0.4 is 9.88 Å². The van der Waals surface area contributed by atoms with Crippen molar-refractivity contribution in [1.29, 1.82) is 0 Å². The highest BCUT2D eigenvalue weighted by Crippen LogP contribution is 2.29. The van der Waals surface area contributed by atoms with Gasteiger partial charge in [-0.05, 0) is 6.07 Å². The molecule has 3 rings (SSSR count). The van der Waals surface area contributed by atoms with E-state index >= 15 is 0 Å². The third kappa shape index (κ3) is 2.72. The number of fused-ring (bicyclic) bond motifs is 1. The SMILES string of the molecule is CC(=O)Nc1c(CC[n+]2ccccc2)c2ccccc2n1C. The number of nitrogens with one attached hydrogen (secondary N) is 1. The summed E-state index contributed by atoms with van der Waals surface area (Å²) in [5.41, 5.74) is 2.32. The Labute approximate surface area is 130 Å². The number of aryl methyl sites for hydroxylation is 3. The number of anilines is 1. The fraction of sp³-hybridized carbons (Fsp3) is 0.222. The minimum Gasteiger partial charge on any atom is -0.330 e. The second-order valence-corrected chi connectivity index (χ2v) is 5.45. The maximum atomic E-state index is 11.5. The second kappa shape index (κ2) is 6.02. The van der Waals surface area contributed by atoms with Crippen molar-refractivity contribution in [3.63, 3.8) is 0 Å². The summed E-state index contributed by atoms with van der Waals surface area (Å²) in [6.45, 7) is 2.43. The van der Waals surface area contributed by atoms with Crippen molar-refractivity contribution in [2.45, 2.75) is 19.9 Å². The smallest absolute Gasteiger partial charge is 0.222 e. The Balaban J connectivity index is 2.00. The lowest BCUT2D eigenvalue weighted by Gasteiger charge is -2.07. The van der Waals surface area contributed by atoms with Crippen molar-refractivity contribution in [3.8, 4) is 0 Å². The molecule has 0 atom stereocenters. The van der Waals surface area contributed by atoms with Crippen LogP contribution in [0.4, 0.5) is 5.82 Å². The molecule has 0 radical (unpaired) electrons. The summed E-state index contributed by atoms with van der Waals surface area (Å²) in [6, 6.07) is 14.3. The van der Waals surface area contributed by atoms with Crippen LogP contribution >= 0.6 is 0 Å². The number of para-hydroxylation sites is 1. The fourth-order valence-electron chi connectivity index (χ4n) is 2.88. The van der Waals surface area contributed by atoms with E-state index in [2.05, 4.69) is 39.0 Å². The lowest BCUT2D eigenvalue weighted by atomic mass is 10.1. The van der Waals surface area contributed by atoms with Gasteiger partial charge in [0.1, 0.15) is 5.82 Å². The van der Waals surface area contributed by atoms with E-state index in [1.165, 1.54) is 10.9 Å². The number of amides is 1. The molecule has 4 heteroatoms. The first-order chi connectivity index (χ1) is 10.7. The second-order valence-electron chi connectivity index (χ2n) is 5.45. The molecule has 22 heavy (non-hydrogen) atoms. The van der Waals surface area contributed by atoms with Crippen molar-refractivity contribution in [1.82, 2.24) is 4.57 Å². The van der Waals surface area contributed by atoms with Gasteiger partial charge in [-0.25, -0.2) is 4.57 Å². The van der Waals surface area contributed by atoms with Crippen molar-refractivity contribution < 1.29 is 9.36 Å². The number of hydrogen-bond donors (Lipinski definition) is 1. The molecular formula is C18H20N3O+. The molecule has 0 spiro atoms. The predicted molar refractivity (Wildman–Crippen MR) is 87.6 cm³/mol. The Hall–Kier alpha value is -2.62. The van der Waals surface area contributed by atoms with E-state index in [0.29, 0.717) is 0 Å². The Bertz CT molecular complexity index is 806. The van der Waals surface area contributed by atoms with E-state index in [9.17, 15) is 4.79 Å². The molecule has 1 aromatic carbocycles. The topological polar surface area (TPSA) is 37.9 Å². The van der Waals surface area contributed by atoms with Crippen LogP contribution in [-0.2, 0) is 24.8 Å². The molecule has 2 heterocycles. The van der Waals surface area contributed by atoms with Gasteiger partial charge in [0.2, 0.25) is 5.91 Å². The fourth-order valence-corrected chi connectivity index (χ4v) is 2.88. The standard InChI is InChI=1S/C18H19N3O/c1-14(22)19-18-16(10-13-21-11-6-3-7-12-21)15-8-4-5-9-17(15)20(18)2/h3-9,11-12H,10,13H2,1-2H3/p+1. The molecule has 0 aliphatic carbocycles. The first-order valence-electron chi connectivity index (χ1n) is 7.45. The van der Waals surface area contributed by atoms with E-state index in [0.717, 1.165) is 24.3 Å². The van der Waals surface area contributed by atoms with E-state index in [1.54, 1.807) is 6.92 Å². The molecule has 0 unspecified atom stereocenters. The molecule has 0 bridgehead atoms. The molecule has 3 aromatic rings. The van der Waals surface area contributed by atoms with Crippen molar-refractivity contribution in [2.75, 3.05) is 5.32 Å². The van der Waals surface area contributed by atoms with Gasteiger partial charge in [0.15, 0.2) is 18.9 Å². The van der Waals surface area contributed by atoms with Gasteiger partial charge in [-0.15, -0.1) is 0 Å². The van der Waals surface area contributed by atoms with E-state index in [1.807, 2.05) is 37.4 Å². The number of rotatable bonds is 4. The minimum absolute atomic E-state index is 0.0421. The Morgan fingerprint density at radius 3 is 2.59 bits per heavy atom. The number of pyridine rings is 1. The first kappa shape index (κ1) is 14.3. The molecule has 0 saturated carbocycles. The van der Waals surface area contributed by atoms with Crippen molar-refractivity contribution >= 4 is 22.6 Å². The average molecular weight is 294 g/mol. The highest BCUT2D eigenvalue weighted by atomic mass is 16.1. The van der Waals surface area contributed by atoms with Crippen LogP contribution in [0.15, 0.2) is 54.9 Å². The minimum atomic E-state index is -0.0421. The Morgan fingerprint density at radius 1 is 1.14 bits per heavy atom. The zero-order valence-electron chi connectivity index (χ0n) is 12.9. The van der Waals surface area contributed by atoms with E-state index in [4.69, 9.17) is 0 Å². The summed E-state index contributed by atoms with van der Waals surface area (Å²) in [6.07, 6.45) is 4.98. The maximum Gasteiger partial charge on any atom is 0.222 e. The Kier molecular flexibility index (Phi) is 3.92. The highest BCUT2D eigenvalue weighted by molar-refractivity contribution is 5.96. The zero-order chi connectivity index (χ0) is 15.5. The van der Waals surface area contributed by atoms with Gasteiger partial charge in [-0.2, -0.15) is 0 Å². The number of carbonyl (C=O) groups is 1. The van der Waals surface area contributed by atoms with Crippen LogP contribution in [0.5, 0.6) is 0 Å². The van der Waals surface area contributed by atoms with Crippen molar-refractivity contribution in [2.24, 2.45) is 7.05 Å². The largest absolute Gasteiger partial charge is 0.330 e. The normalized spacial score (nSPS) is 10.8. The number of nitrogens with zero attached hydrogens (tertiary/aromatic N) is 2. The molecule has 2 aromatic heterocycles. The summed E-state index contributed by atoms with van der Waals surface area (Å²) in [4.78, 5) is 11.5. The third-order valence-electron chi connectivity index (χ3n) is 3.90. The van der Waals surface area contributed by atoms with Crippen LogP contribution in [-0.4, -0.2) is 10.5 Å². The highest BCUT2D eigenvalue weighted by Gasteiger charge is 2.16. The molecular weight excluding hydrogens is 274 g/mol. The van der Waals surface area contributed by atoms with Crippen LogP contribution in [0.25, 0.3) is 10.9 Å². The van der Waals surface area contributed by atoms with Gasteiger partial charge in [-0.3, -0.25) is 4.79 Å². The zero-order valence-corrected chi connectivity index (χ0v) is 12.9. The molecule has 1 N–H and O–H groups in total. The lowest BCUT2D eigenvalue weighted by molar-refractivity contribution is -0.696. The number of carbonyl (C=O) groups excluding carboxylic acids is 1. The van der Waals surface area contributed by atoms with Gasteiger partial charge in [0, 0.05) is 49.0 Å². The average Bonchev–Trinajstić information content (AvgIpc) is 2.79.